The van der Waals surface area contributed by atoms with Crippen LogP contribution < -0.4 is 16.4 Å². The Labute approximate surface area is 170 Å². The molecule has 3 aromatic rings. The van der Waals surface area contributed by atoms with E-state index in [0.717, 1.165) is 31.1 Å². The van der Waals surface area contributed by atoms with Crippen molar-refractivity contribution in [1.29, 1.82) is 5.53 Å². The van der Waals surface area contributed by atoms with E-state index in [1.807, 2.05) is 10.9 Å². The van der Waals surface area contributed by atoms with Crippen molar-refractivity contribution in [3.63, 3.8) is 0 Å². The standard InChI is InChI=1S/C19H19F2N9/c20-15-2-1-3-16(17(15)21)27-19(28-29-23)14-6-11(7-25-18(14)22)12-8-26-30(10-12)13-4-5-24-9-13/h1-3,6-8,10,13,24H,4-5,9H2,(H2,22,25)(H2,23,27,28)/t13-/m0/s1. The van der Waals surface area contributed by atoms with Crippen molar-refractivity contribution in [2.24, 2.45) is 10.3 Å². The predicted octanol–water partition coefficient (Wildman–Crippen LogP) is 3.14. The van der Waals surface area contributed by atoms with Crippen molar-refractivity contribution in [1.82, 2.24) is 20.1 Å². The summed E-state index contributed by atoms with van der Waals surface area (Å²) in [5.74, 6) is -2.04. The zero-order valence-electron chi connectivity index (χ0n) is 15.8. The fourth-order valence-corrected chi connectivity index (χ4v) is 3.30. The van der Waals surface area contributed by atoms with Crippen LogP contribution in [0.2, 0.25) is 0 Å². The third kappa shape index (κ3) is 3.87. The number of anilines is 2. The maximum atomic E-state index is 14.1. The molecule has 0 bridgehead atoms. The van der Waals surface area contributed by atoms with Crippen LogP contribution >= 0.6 is 0 Å². The Morgan fingerprint density at radius 3 is 2.93 bits per heavy atom. The van der Waals surface area contributed by atoms with Crippen LogP contribution in [0.25, 0.3) is 11.1 Å². The number of pyridine rings is 1. The second-order valence-electron chi connectivity index (χ2n) is 6.79. The lowest BCUT2D eigenvalue weighted by atomic mass is 10.1. The lowest BCUT2D eigenvalue weighted by Gasteiger charge is -2.12. The van der Waals surface area contributed by atoms with Gasteiger partial charge in [-0.25, -0.2) is 13.8 Å². The highest BCUT2D eigenvalue weighted by Gasteiger charge is 2.19. The van der Waals surface area contributed by atoms with E-state index in [-0.39, 0.29) is 23.4 Å². The number of hydrogen-bond acceptors (Lipinski definition) is 6. The number of nitrogens with zero attached hydrogens (tertiary/aromatic N) is 5. The van der Waals surface area contributed by atoms with E-state index >= 15 is 0 Å². The molecule has 3 heterocycles. The quantitative estimate of drug-likeness (QED) is 0.222. The first-order valence-electron chi connectivity index (χ1n) is 9.23. The molecule has 1 saturated heterocycles. The van der Waals surface area contributed by atoms with E-state index in [2.05, 4.69) is 31.0 Å². The highest BCUT2D eigenvalue weighted by molar-refractivity contribution is 6.11. The summed E-state index contributed by atoms with van der Waals surface area (Å²) in [5, 5.41) is 17.1. The highest BCUT2D eigenvalue weighted by Crippen LogP contribution is 2.25. The third-order valence-electron chi connectivity index (χ3n) is 4.87. The minimum atomic E-state index is -1.08. The van der Waals surface area contributed by atoms with Gasteiger partial charge in [-0.05, 0) is 31.2 Å². The summed E-state index contributed by atoms with van der Waals surface area (Å²) in [7, 11) is 0. The Hall–Kier alpha value is -3.73. The zero-order valence-corrected chi connectivity index (χ0v) is 15.8. The topological polar surface area (TPSA) is 129 Å². The minimum Gasteiger partial charge on any atom is -0.383 e. The molecule has 0 aliphatic carbocycles. The zero-order chi connectivity index (χ0) is 21.1. The van der Waals surface area contributed by atoms with Gasteiger partial charge in [0.15, 0.2) is 17.5 Å². The molecule has 0 spiro atoms. The molecule has 2 aromatic heterocycles. The number of aromatic nitrogens is 3. The number of amidine groups is 1. The summed E-state index contributed by atoms with van der Waals surface area (Å²) >= 11 is 0. The highest BCUT2D eigenvalue weighted by atomic mass is 19.2. The largest absolute Gasteiger partial charge is 0.383 e. The van der Waals surface area contributed by atoms with Crippen LogP contribution in [0.4, 0.5) is 20.3 Å². The van der Waals surface area contributed by atoms with Gasteiger partial charge in [0.1, 0.15) is 5.82 Å². The smallest absolute Gasteiger partial charge is 0.182 e. The van der Waals surface area contributed by atoms with E-state index in [9.17, 15) is 8.78 Å². The van der Waals surface area contributed by atoms with Crippen LogP contribution in [0.15, 0.2) is 53.2 Å². The van der Waals surface area contributed by atoms with Crippen LogP contribution in [-0.2, 0) is 0 Å². The SMILES string of the molecule is N=N/N=C(\Nc1cccc(F)c1F)c1cc(-c2cnn([C@H]3CCNC3)c2)cnc1N. The predicted molar refractivity (Wildman–Crippen MR) is 108 cm³/mol. The molecule has 5 N–H and O–H groups in total. The molecular formula is C19H19F2N9. The molecule has 0 radical (unpaired) electrons. The Balaban J connectivity index is 1.68. The Kier molecular flexibility index (Phi) is 5.44. The van der Waals surface area contributed by atoms with Gasteiger partial charge in [0.2, 0.25) is 0 Å². The van der Waals surface area contributed by atoms with Crippen molar-refractivity contribution in [2.75, 3.05) is 24.1 Å². The summed E-state index contributed by atoms with van der Waals surface area (Å²) in [6.07, 6.45) is 6.23. The van der Waals surface area contributed by atoms with Crippen molar-refractivity contribution in [2.45, 2.75) is 12.5 Å². The normalized spacial score (nSPS) is 16.6. The number of nitrogens with two attached hydrogens (primary N) is 1. The second-order valence-corrected chi connectivity index (χ2v) is 6.79. The maximum absolute atomic E-state index is 14.1. The number of rotatable bonds is 5. The number of hydrogen-bond donors (Lipinski definition) is 4. The summed E-state index contributed by atoms with van der Waals surface area (Å²) in [5.41, 5.74) is 14.7. The third-order valence-corrected chi connectivity index (χ3v) is 4.87. The Morgan fingerprint density at radius 2 is 2.17 bits per heavy atom. The molecule has 9 nitrogen and oxygen atoms in total. The first-order valence-corrected chi connectivity index (χ1v) is 9.23. The molecule has 0 unspecified atom stereocenters. The fraction of sp³-hybridized carbons (Fsp3) is 0.211. The number of halogens is 2. The van der Waals surface area contributed by atoms with Crippen molar-refractivity contribution in [3.8, 4) is 11.1 Å². The molecule has 1 aliphatic rings. The number of nitrogens with one attached hydrogen (secondary N) is 3. The van der Waals surface area contributed by atoms with Crippen LogP contribution in [0.3, 0.4) is 0 Å². The van der Waals surface area contributed by atoms with Gasteiger partial charge in [0.25, 0.3) is 0 Å². The Bertz CT molecular complexity index is 1100. The fourth-order valence-electron chi connectivity index (χ4n) is 3.30. The number of benzene rings is 1. The van der Waals surface area contributed by atoms with E-state index < -0.39 is 11.6 Å². The van der Waals surface area contributed by atoms with Gasteiger partial charge in [-0.3, -0.25) is 4.68 Å². The van der Waals surface area contributed by atoms with Gasteiger partial charge < -0.3 is 16.4 Å². The molecule has 30 heavy (non-hydrogen) atoms. The monoisotopic (exact) mass is 411 g/mol. The average molecular weight is 411 g/mol. The molecule has 0 amide bonds. The molecular weight excluding hydrogens is 392 g/mol. The first-order chi connectivity index (χ1) is 14.6. The molecule has 11 heteroatoms. The van der Waals surface area contributed by atoms with Crippen molar-refractivity contribution in [3.05, 3.63) is 60.1 Å². The van der Waals surface area contributed by atoms with Gasteiger partial charge in [-0.15, -0.1) is 5.10 Å². The van der Waals surface area contributed by atoms with Crippen LogP contribution in [0, 0.1) is 17.2 Å². The number of nitrogen functional groups attached to an aromatic ring is 1. The van der Waals surface area contributed by atoms with Gasteiger partial charge in [-0.2, -0.15) is 10.6 Å². The Morgan fingerprint density at radius 1 is 1.30 bits per heavy atom. The van der Waals surface area contributed by atoms with Gasteiger partial charge >= 0.3 is 0 Å². The maximum Gasteiger partial charge on any atom is 0.182 e. The molecule has 0 saturated carbocycles. The lowest BCUT2D eigenvalue weighted by molar-refractivity contribution is 0.491. The second kappa shape index (κ2) is 8.33. The summed E-state index contributed by atoms with van der Waals surface area (Å²) in [6, 6.07) is 5.66. The van der Waals surface area contributed by atoms with E-state index in [0.29, 0.717) is 11.1 Å². The minimum absolute atomic E-state index is 0.0336. The summed E-state index contributed by atoms with van der Waals surface area (Å²) in [6.45, 7) is 1.81. The van der Waals surface area contributed by atoms with E-state index in [4.69, 9.17) is 11.3 Å². The van der Waals surface area contributed by atoms with Crippen LogP contribution in [0.1, 0.15) is 18.0 Å². The molecule has 1 aromatic carbocycles. The first kappa shape index (κ1) is 19.6. The lowest BCUT2D eigenvalue weighted by Crippen LogP contribution is -2.17. The van der Waals surface area contributed by atoms with Crippen molar-refractivity contribution >= 4 is 17.3 Å². The van der Waals surface area contributed by atoms with Gasteiger partial charge in [0, 0.05) is 30.1 Å². The van der Waals surface area contributed by atoms with Crippen LogP contribution in [-0.4, -0.2) is 33.7 Å². The molecule has 1 atom stereocenters. The van der Waals surface area contributed by atoms with Gasteiger partial charge in [0.05, 0.1) is 23.5 Å². The summed E-state index contributed by atoms with van der Waals surface area (Å²) in [4.78, 5) is 4.18. The molecule has 4 rings (SSSR count). The van der Waals surface area contributed by atoms with E-state index in [1.165, 1.54) is 12.1 Å². The molecule has 1 fully saturated rings. The van der Waals surface area contributed by atoms with Crippen molar-refractivity contribution < 1.29 is 8.78 Å². The molecule has 1 aliphatic heterocycles. The average Bonchev–Trinajstić information content (AvgIpc) is 3.43. The summed E-state index contributed by atoms with van der Waals surface area (Å²) < 4.78 is 29.5. The molecule has 154 valence electrons. The van der Waals surface area contributed by atoms with Gasteiger partial charge in [-0.1, -0.05) is 11.3 Å². The van der Waals surface area contributed by atoms with Crippen LogP contribution in [0.5, 0.6) is 0 Å². The van der Waals surface area contributed by atoms with E-state index in [1.54, 1.807) is 18.5 Å².